The van der Waals surface area contributed by atoms with Crippen molar-refractivity contribution in [3.05, 3.63) is 0 Å². The van der Waals surface area contributed by atoms with Gasteiger partial charge in [0.2, 0.25) is 0 Å². The number of aliphatic hydroxyl groups excluding tert-OH is 1. The third kappa shape index (κ3) is 2.24. The van der Waals surface area contributed by atoms with E-state index in [2.05, 4.69) is 16.7 Å². The van der Waals surface area contributed by atoms with Crippen molar-refractivity contribution in [2.45, 2.75) is 31.8 Å². The van der Waals surface area contributed by atoms with Crippen LogP contribution in [-0.4, -0.2) is 72.0 Å². The second kappa shape index (κ2) is 4.84. The van der Waals surface area contributed by atoms with E-state index in [1.165, 1.54) is 0 Å². The van der Waals surface area contributed by atoms with Crippen molar-refractivity contribution in [1.29, 1.82) is 0 Å². The van der Waals surface area contributed by atoms with Crippen LogP contribution >= 0.6 is 0 Å². The maximum atomic E-state index is 10.9. The van der Waals surface area contributed by atoms with Crippen molar-refractivity contribution in [1.82, 2.24) is 9.80 Å². The molecule has 0 aliphatic carbocycles. The summed E-state index contributed by atoms with van der Waals surface area (Å²) in [4.78, 5) is 4.53. The van der Waals surface area contributed by atoms with Gasteiger partial charge in [0.25, 0.3) is 0 Å². The summed E-state index contributed by atoms with van der Waals surface area (Å²) in [6.45, 7) is 6.84. The lowest BCUT2D eigenvalue weighted by molar-refractivity contribution is -0.131. The fraction of sp³-hybridized carbons (Fsp3) is 1.00. The Morgan fingerprint density at radius 1 is 1.18 bits per heavy atom. The second-order valence-electron chi connectivity index (χ2n) is 5.93. The molecule has 2 aliphatic rings. The van der Waals surface area contributed by atoms with Crippen molar-refractivity contribution in [3.8, 4) is 0 Å². The topological polar surface area (TPSA) is 46.9 Å². The van der Waals surface area contributed by atoms with Gasteiger partial charge in [0.1, 0.15) is 0 Å². The van der Waals surface area contributed by atoms with E-state index in [0.717, 1.165) is 45.4 Å². The van der Waals surface area contributed by atoms with Crippen LogP contribution < -0.4 is 0 Å². The Morgan fingerprint density at radius 3 is 2.47 bits per heavy atom. The monoisotopic (exact) mass is 242 g/mol. The fourth-order valence-electron chi connectivity index (χ4n) is 3.57. The summed E-state index contributed by atoms with van der Waals surface area (Å²) in [5.41, 5.74) is -1.02. The molecule has 2 atom stereocenters. The van der Waals surface area contributed by atoms with Crippen LogP contribution in [-0.2, 0) is 0 Å². The van der Waals surface area contributed by atoms with Crippen LogP contribution in [0.1, 0.15) is 26.2 Å². The van der Waals surface area contributed by atoms with Crippen molar-refractivity contribution in [2.24, 2.45) is 5.41 Å². The Morgan fingerprint density at radius 2 is 1.94 bits per heavy atom. The first-order valence-corrected chi connectivity index (χ1v) is 6.79. The largest absolute Gasteiger partial charge is 0.396 e. The number of rotatable bonds is 3. The first-order chi connectivity index (χ1) is 8.05. The molecule has 0 aromatic carbocycles. The third-order valence-corrected chi connectivity index (χ3v) is 4.83. The van der Waals surface area contributed by atoms with E-state index >= 15 is 0 Å². The number of hydrogen-bond acceptors (Lipinski definition) is 4. The minimum absolute atomic E-state index is 0.105. The van der Waals surface area contributed by atoms with Gasteiger partial charge in [-0.15, -0.1) is 0 Å². The van der Waals surface area contributed by atoms with E-state index < -0.39 is 5.60 Å². The highest BCUT2D eigenvalue weighted by Gasteiger charge is 2.54. The minimum Gasteiger partial charge on any atom is -0.396 e. The van der Waals surface area contributed by atoms with Gasteiger partial charge in [-0.05, 0) is 39.4 Å². The van der Waals surface area contributed by atoms with Gasteiger partial charge in [-0.25, -0.2) is 0 Å². The molecule has 2 heterocycles. The van der Waals surface area contributed by atoms with E-state index in [4.69, 9.17) is 0 Å². The van der Waals surface area contributed by atoms with E-state index in [-0.39, 0.29) is 12.0 Å². The number of nitrogens with zero attached hydrogens (tertiary/aromatic N) is 2. The predicted octanol–water partition coefficient (Wildman–Crippen LogP) is 0.147. The molecule has 0 amide bonds. The Kier molecular flexibility index (Phi) is 3.78. The smallest absolute Gasteiger partial charge is 0.0876 e. The summed E-state index contributed by atoms with van der Waals surface area (Å²) in [6, 6.07) is 0. The number of likely N-dealkylation sites (N-methyl/N-ethyl adjacent to an activating group) is 1. The Balaban J connectivity index is 2.18. The number of β-amino-alcohol motifs (C(OH)–C–C–N with tert-alkyl or cyclic N) is 1. The number of likely N-dealkylation sites (tertiary alicyclic amines) is 2. The van der Waals surface area contributed by atoms with Gasteiger partial charge in [0, 0.05) is 25.0 Å². The zero-order valence-electron chi connectivity index (χ0n) is 11.2. The summed E-state index contributed by atoms with van der Waals surface area (Å²) >= 11 is 0. The lowest BCUT2D eigenvalue weighted by Gasteiger charge is -2.50. The molecule has 2 N–H and O–H groups in total. The average molecular weight is 242 g/mol. The van der Waals surface area contributed by atoms with Crippen LogP contribution in [0.25, 0.3) is 0 Å². The molecule has 4 nitrogen and oxygen atoms in total. The Labute approximate surface area is 104 Å². The first-order valence-electron chi connectivity index (χ1n) is 6.79. The van der Waals surface area contributed by atoms with Crippen molar-refractivity contribution in [2.75, 3.05) is 46.4 Å². The summed E-state index contributed by atoms with van der Waals surface area (Å²) in [5.74, 6) is 0. The maximum absolute atomic E-state index is 10.9. The average Bonchev–Trinajstić information content (AvgIpc) is 2.70. The first kappa shape index (κ1) is 13.3. The molecular weight excluding hydrogens is 216 g/mol. The number of aliphatic hydroxyl groups is 2. The number of piperidine rings is 1. The van der Waals surface area contributed by atoms with Crippen molar-refractivity contribution < 1.29 is 10.2 Å². The highest BCUT2D eigenvalue weighted by Crippen LogP contribution is 2.44. The summed E-state index contributed by atoms with van der Waals surface area (Å²) in [5, 5.41) is 20.8. The molecule has 2 aliphatic heterocycles. The normalized spacial score (nSPS) is 40.9. The van der Waals surface area contributed by atoms with E-state index in [0.29, 0.717) is 6.54 Å². The lowest BCUT2D eigenvalue weighted by atomic mass is 9.66. The van der Waals surface area contributed by atoms with Gasteiger partial charge in [-0.2, -0.15) is 0 Å². The second-order valence-corrected chi connectivity index (χ2v) is 5.93. The zero-order chi connectivity index (χ0) is 12.5. The van der Waals surface area contributed by atoms with Gasteiger partial charge in [-0.1, -0.05) is 6.92 Å². The van der Waals surface area contributed by atoms with Gasteiger partial charge in [-0.3, -0.25) is 0 Å². The van der Waals surface area contributed by atoms with Crippen LogP contribution in [0.3, 0.4) is 0 Å². The molecule has 0 aromatic heterocycles. The van der Waals surface area contributed by atoms with Gasteiger partial charge in [0.05, 0.1) is 12.2 Å². The Hall–Kier alpha value is -0.160. The van der Waals surface area contributed by atoms with Crippen LogP contribution in [0.4, 0.5) is 0 Å². The quantitative estimate of drug-likeness (QED) is 0.739. The maximum Gasteiger partial charge on any atom is 0.0876 e. The Bertz CT molecular complexity index is 274. The molecule has 17 heavy (non-hydrogen) atoms. The van der Waals surface area contributed by atoms with Crippen LogP contribution in [0.2, 0.25) is 0 Å². The standard InChI is InChI=1S/C13H26N2O2/c1-3-15-7-4-5-12(9-15,11-16)13(17)6-8-14(2)10-13/h16-17H,3-11H2,1-2H3. The van der Waals surface area contributed by atoms with E-state index in [1.807, 2.05) is 7.05 Å². The minimum atomic E-state index is -0.704. The van der Waals surface area contributed by atoms with Crippen molar-refractivity contribution >= 4 is 0 Å². The lowest BCUT2D eigenvalue weighted by Crippen LogP contribution is -2.60. The summed E-state index contributed by atoms with van der Waals surface area (Å²) in [7, 11) is 2.05. The number of hydrogen-bond donors (Lipinski definition) is 2. The molecule has 2 rings (SSSR count). The van der Waals surface area contributed by atoms with E-state index in [9.17, 15) is 10.2 Å². The van der Waals surface area contributed by atoms with Crippen LogP contribution in [0.15, 0.2) is 0 Å². The van der Waals surface area contributed by atoms with Crippen LogP contribution in [0.5, 0.6) is 0 Å². The van der Waals surface area contributed by atoms with E-state index in [1.54, 1.807) is 0 Å². The molecular formula is C13H26N2O2. The highest BCUT2D eigenvalue weighted by molar-refractivity contribution is 5.06. The fourth-order valence-corrected chi connectivity index (χ4v) is 3.57. The summed E-state index contributed by atoms with van der Waals surface area (Å²) in [6.07, 6.45) is 2.83. The van der Waals surface area contributed by atoms with Gasteiger partial charge >= 0.3 is 0 Å². The van der Waals surface area contributed by atoms with Crippen molar-refractivity contribution in [3.63, 3.8) is 0 Å². The molecule has 2 saturated heterocycles. The highest BCUT2D eigenvalue weighted by atomic mass is 16.3. The molecule has 0 aromatic rings. The zero-order valence-corrected chi connectivity index (χ0v) is 11.2. The molecule has 0 bridgehead atoms. The van der Waals surface area contributed by atoms with Gasteiger partial charge < -0.3 is 20.0 Å². The molecule has 0 radical (unpaired) electrons. The summed E-state index contributed by atoms with van der Waals surface area (Å²) < 4.78 is 0. The SMILES string of the molecule is CCN1CCCC(CO)(C2(O)CCN(C)C2)C1. The molecule has 0 spiro atoms. The predicted molar refractivity (Wildman–Crippen MR) is 67.9 cm³/mol. The molecule has 2 fully saturated rings. The van der Waals surface area contributed by atoms with Gasteiger partial charge in [0.15, 0.2) is 0 Å². The molecule has 0 saturated carbocycles. The third-order valence-electron chi connectivity index (χ3n) is 4.83. The molecule has 4 heteroatoms. The molecule has 100 valence electrons. The van der Waals surface area contributed by atoms with Crippen LogP contribution in [0, 0.1) is 5.41 Å². The molecule has 2 unspecified atom stereocenters.